The highest BCUT2D eigenvalue weighted by Crippen LogP contribution is 2.39. The minimum atomic E-state index is -4.12. The first-order chi connectivity index (χ1) is 7.00. The predicted molar refractivity (Wildman–Crippen MR) is 62.6 cm³/mol. The number of thioether (sulfide) groups is 1. The van der Waals surface area contributed by atoms with Crippen LogP contribution in [0.2, 0.25) is 0 Å². The number of hydrogen-bond acceptors (Lipinski definition) is 3. The Balaban J connectivity index is 2.31. The molecule has 4 nitrogen and oxygen atoms in total. The van der Waals surface area contributed by atoms with E-state index >= 15 is 0 Å². The quantitative estimate of drug-likeness (QED) is 0.685. The van der Waals surface area contributed by atoms with Gasteiger partial charge in [0.1, 0.15) is 5.78 Å². The highest BCUT2D eigenvalue weighted by molar-refractivity contribution is 7.98. The van der Waals surface area contributed by atoms with E-state index in [1.165, 1.54) is 11.8 Å². The lowest BCUT2D eigenvalue weighted by Crippen LogP contribution is -2.22. The van der Waals surface area contributed by atoms with E-state index in [-0.39, 0.29) is 5.75 Å². The molecule has 0 spiro atoms. The van der Waals surface area contributed by atoms with E-state index in [1.54, 1.807) is 0 Å². The van der Waals surface area contributed by atoms with Crippen LogP contribution in [0.1, 0.15) is 5.56 Å². The van der Waals surface area contributed by atoms with Crippen molar-refractivity contribution in [2.24, 2.45) is 5.73 Å². The van der Waals surface area contributed by atoms with Crippen molar-refractivity contribution in [3.05, 3.63) is 35.9 Å². The first-order valence-electron chi connectivity index (χ1n) is 4.42. The zero-order chi connectivity index (χ0) is 11.3. The fraction of sp³-hybridized carbons (Fsp3) is 0.333. The van der Waals surface area contributed by atoms with Crippen LogP contribution in [0, 0.1) is 0 Å². The first kappa shape index (κ1) is 12.7. The van der Waals surface area contributed by atoms with Crippen LogP contribution in [0.15, 0.2) is 30.3 Å². The maximum atomic E-state index is 10.7. The molecule has 15 heavy (non-hydrogen) atoms. The molecule has 6 heteroatoms. The lowest BCUT2D eigenvalue weighted by atomic mass is 10.2. The maximum Gasteiger partial charge on any atom is 0.342 e. The Morgan fingerprint density at radius 2 is 1.93 bits per heavy atom. The second-order valence-electron chi connectivity index (χ2n) is 3.16. The summed E-state index contributed by atoms with van der Waals surface area (Å²) in [5.41, 5.74) is 6.46. The second-order valence-corrected chi connectivity index (χ2v) is 6.03. The summed E-state index contributed by atoms with van der Waals surface area (Å²) in [6, 6.07) is 9.72. The van der Waals surface area contributed by atoms with Gasteiger partial charge < -0.3 is 15.5 Å². The summed E-state index contributed by atoms with van der Waals surface area (Å²) in [5.74, 6) is -0.0838. The molecule has 0 bridgehead atoms. The molecule has 84 valence electrons. The number of benzene rings is 1. The van der Waals surface area contributed by atoms with Crippen LogP contribution in [0.25, 0.3) is 0 Å². The molecule has 0 aliphatic carbocycles. The Morgan fingerprint density at radius 1 is 1.33 bits per heavy atom. The van der Waals surface area contributed by atoms with Crippen LogP contribution in [-0.4, -0.2) is 21.3 Å². The highest BCUT2D eigenvalue weighted by Gasteiger charge is 2.23. The van der Waals surface area contributed by atoms with Gasteiger partial charge in [0.05, 0.1) is 0 Å². The SMILES string of the molecule is N[C@@H](CSCc1ccccc1)P(=O)(O)O. The molecule has 0 saturated heterocycles. The van der Waals surface area contributed by atoms with Crippen LogP contribution in [0.3, 0.4) is 0 Å². The van der Waals surface area contributed by atoms with E-state index in [1.807, 2.05) is 30.3 Å². The molecule has 1 atom stereocenters. The van der Waals surface area contributed by atoms with Gasteiger partial charge in [-0.3, -0.25) is 4.57 Å². The summed E-state index contributed by atoms with van der Waals surface area (Å²) in [6.07, 6.45) is 0. The molecule has 1 rings (SSSR count). The molecule has 0 fully saturated rings. The topological polar surface area (TPSA) is 83.6 Å². The minimum Gasteiger partial charge on any atom is -0.323 e. The smallest absolute Gasteiger partial charge is 0.323 e. The van der Waals surface area contributed by atoms with E-state index in [2.05, 4.69) is 0 Å². The van der Waals surface area contributed by atoms with Gasteiger partial charge in [-0.1, -0.05) is 30.3 Å². The Labute approximate surface area is 93.0 Å². The van der Waals surface area contributed by atoms with E-state index < -0.39 is 13.4 Å². The Morgan fingerprint density at radius 3 is 2.47 bits per heavy atom. The lowest BCUT2D eigenvalue weighted by Gasteiger charge is -2.12. The standard InChI is InChI=1S/C9H14NO3PS/c10-9(14(11,12)13)7-15-6-8-4-2-1-3-5-8/h1-5,9H,6-7,10H2,(H2,11,12,13)/t9-/m1/s1. The van der Waals surface area contributed by atoms with E-state index in [0.29, 0.717) is 5.75 Å². The molecule has 0 heterocycles. The monoisotopic (exact) mass is 247 g/mol. The van der Waals surface area contributed by atoms with Gasteiger partial charge in [-0.15, -0.1) is 0 Å². The van der Waals surface area contributed by atoms with E-state index in [0.717, 1.165) is 5.56 Å². The Bertz CT molecular complexity index is 340. The van der Waals surface area contributed by atoms with Gasteiger partial charge in [-0.2, -0.15) is 11.8 Å². The normalized spacial score (nSPS) is 13.8. The molecule has 0 saturated carbocycles. The van der Waals surface area contributed by atoms with Crippen molar-refractivity contribution in [3.8, 4) is 0 Å². The predicted octanol–water partition coefficient (Wildman–Crippen LogP) is 1.38. The summed E-state index contributed by atoms with van der Waals surface area (Å²) < 4.78 is 10.7. The fourth-order valence-electron chi connectivity index (χ4n) is 0.969. The van der Waals surface area contributed by atoms with Gasteiger partial charge in [0.25, 0.3) is 0 Å². The third-order valence-corrected chi connectivity index (χ3v) is 4.26. The average molecular weight is 247 g/mol. The summed E-state index contributed by atoms with van der Waals surface area (Å²) in [4.78, 5) is 17.5. The number of hydrogen-bond donors (Lipinski definition) is 3. The second kappa shape index (κ2) is 5.68. The van der Waals surface area contributed by atoms with Gasteiger partial charge in [-0.25, -0.2) is 0 Å². The summed E-state index contributed by atoms with van der Waals surface area (Å²) in [5, 5.41) is 0. The summed E-state index contributed by atoms with van der Waals surface area (Å²) in [6.45, 7) is 0. The molecule has 1 aromatic carbocycles. The van der Waals surface area contributed by atoms with E-state index in [9.17, 15) is 4.57 Å². The zero-order valence-electron chi connectivity index (χ0n) is 8.11. The molecular formula is C9H14NO3PS. The average Bonchev–Trinajstić information content (AvgIpc) is 2.18. The van der Waals surface area contributed by atoms with Gasteiger partial charge in [0, 0.05) is 11.5 Å². The molecular weight excluding hydrogens is 233 g/mol. The number of rotatable bonds is 5. The zero-order valence-corrected chi connectivity index (χ0v) is 9.82. The minimum absolute atomic E-state index is 0.263. The van der Waals surface area contributed by atoms with E-state index in [4.69, 9.17) is 15.5 Å². The summed E-state index contributed by atoms with van der Waals surface area (Å²) in [7, 11) is -4.12. The van der Waals surface area contributed by atoms with Crippen LogP contribution in [-0.2, 0) is 10.3 Å². The molecule has 0 aliphatic heterocycles. The van der Waals surface area contributed by atoms with Gasteiger partial charge in [0.2, 0.25) is 0 Å². The molecule has 1 aromatic rings. The Kier molecular flexibility index (Phi) is 4.83. The van der Waals surface area contributed by atoms with Crippen molar-refractivity contribution in [3.63, 3.8) is 0 Å². The van der Waals surface area contributed by atoms with Crippen molar-refractivity contribution in [2.75, 3.05) is 5.75 Å². The lowest BCUT2D eigenvalue weighted by molar-refractivity contribution is 0.362. The van der Waals surface area contributed by atoms with Gasteiger partial charge >= 0.3 is 7.60 Å². The molecule has 0 unspecified atom stereocenters. The van der Waals surface area contributed by atoms with Gasteiger partial charge in [-0.05, 0) is 5.56 Å². The third-order valence-electron chi connectivity index (χ3n) is 1.83. The first-order valence-corrected chi connectivity index (χ1v) is 7.26. The molecule has 0 aliphatic rings. The van der Waals surface area contributed by atoms with Crippen LogP contribution in [0.5, 0.6) is 0 Å². The van der Waals surface area contributed by atoms with Crippen LogP contribution in [0.4, 0.5) is 0 Å². The summed E-state index contributed by atoms with van der Waals surface area (Å²) >= 11 is 1.42. The van der Waals surface area contributed by atoms with Crippen LogP contribution < -0.4 is 5.73 Å². The van der Waals surface area contributed by atoms with Gasteiger partial charge in [0.15, 0.2) is 0 Å². The van der Waals surface area contributed by atoms with Crippen molar-refractivity contribution in [2.45, 2.75) is 11.5 Å². The fourth-order valence-corrected chi connectivity index (χ4v) is 2.85. The molecule has 0 amide bonds. The highest BCUT2D eigenvalue weighted by atomic mass is 32.2. The van der Waals surface area contributed by atoms with Crippen molar-refractivity contribution < 1.29 is 14.4 Å². The van der Waals surface area contributed by atoms with Crippen molar-refractivity contribution in [1.82, 2.24) is 0 Å². The molecule has 0 radical (unpaired) electrons. The molecule has 0 aromatic heterocycles. The van der Waals surface area contributed by atoms with Crippen LogP contribution >= 0.6 is 19.4 Å². The largest absolute Gasteiger partial charge is 0.342 e. The van der Waals surface area contributed by atoms with Crippen molar-refractivity contribution >= 4 is 19.4 Å². The Hall–Kier alpha value is -0.320. The third kappa shape index (κ3) is 4.82. The molecule has 4 N–H and O–H groups in total. The number of nitrogens with two attached hydrogens (primary N) is 1. The maximum absolute atomic E-state index is 10.7. The van der Waals surface area contributed by atoms with Crippen molar-refractivity contribution in [1.29, 1.82) is 0 Å².